The van der Waals surface area contributed by atoms with Gasteiger partial charge in [0.05, 0.1) is 0 Å². The van der Waals surface area contributed by atoms with E-state index in [1.54, 1.807) is 0 Å². The summed E-state index contributed by atoms with van der Waals surface area (Å²) in [5, 5.41) is 7.08. The molecule has 4 heteroatoms. The highest BCUT2D eigenvalue weighted by Crippen LogP contribution is 2.18. The van der Waals surface area contributed by atoms with E-state index >= 15 is 0 Å². The van der Waals surface area contributed by atoms with Crippen LogP contribution in [0.3, 0.4) is 0 Å². The summed E-state index contributed by atoms with van der Waals surface area (Å²) in [5.41, 5.74) is 4.27. The molecule has 0 amide bonds. The molecule has 0 saturated heterocycles. The minimum absolute atomic E-state index is 0.754. The van der Waals surface area contributed by atoms with E-state index in [-0.39, 0.29) is 0 Å². The third kappa shape index (κ3) is 3.50. The zero-order valence-corrected chi connectivity index (χ0v) is 12.8. The van der Waals surface area contributed by atoms with Crippen molar-refractivity contribution in [2.24, 2.45) is 0 Å². The molecule has 0 bridgehead atoms. The second-order valence-electron chi connectivity index (χ2n) is 4.91. The van der Waals surface area contributed by atoms with E-state index in [2.05, 4.69) is 36.4 Å². The highest BCUT2D eigenvalue weighted by molar-refractivity contribution is 5.49. The van der Waals surface area contributed by atoms with Gasteiger partial charge in [0.25, 0.3) is 0 Å². The maximum absolute atomic E-state index is 4.56. The van der Waals surface area contributed by atoms with Crippen LogP contribution in [0.4, 0.5) is 5.82 Å². The minimum atomic E-state index is 0.754. The van der Waals surface area contributed by atoms with Gasteiger partial charge in [-0.15, -0.1) is 0 Å². The lowest BCUT2D eigenvalue weighted by Crippen LogP contribution is -2.36. The molecule has 1 N–H and O–H groups in total. The second-order valence-corrected chi connectivity index (χ2v) is 4.91. The average molecular weight is 260 g/mol. The maximum atomic E-state index is 4.56. The predicted molar refractivity (Wildman–Crippen MR) is 81.6 cm³/mol. The molecule has 19 heavy (non-hydrogen) atoms. The SMILES string of the molecule is C=C(C)N(C)N(C)C(=C)Nc1nc(C)c(C)cc1C. The lowest BCUT2D eigenvalue weighted by molar-refractivity contribution is 0.111. The smallest absolute Gasteiger partial charge is 0.134 e. The zero-order chi connectivity index (χ0) is 14.7. The van der Waals surface area contributed by atoms with Gasteiger partial charge < -0.3 is 5.32 Å². The van der Waals surface area contributed by atoms with E-state index in [0.717, 1.165) is 28.6 Å². The maximum Gasteiger partial charge on any atom is 0.134 e. The van der Waals surface area contributed by atoms with Gasteiger partial charge in [-0.2, -0.15) is 0 Å². The van der Waals surface area contributed by atoms with Gasteiger partial charge in [0.15, 0.2) is 0 Å². The van der Waals surface area contributed by atoms with Crippen molar-refractivity contribution in [1.29, 1.82) is 0 Å². The van der Waals surface area contributed by atoms with E-state index < -0.39 is 0 Å². The van der Waals surface area contributed by atoms with Crippen LogP contribution in [0.5, 0.6) is 0 Å². The number of aromatic nitrogens is 1. The molecule has 1 heterocycles. The molecule has 104 valence electrons. The van der Waals surface area contributed by atoms with E-state index in [9.17, 15) is 0 Å². The lowest BCUT2D eigenvalue weighted by Gasteiger charge is -2.33. The van der Waals surface area contributed by atoms with Gasteiger partial charge in [0.1, 0.15) is 11.6 Å². The minimum Gasteiger partial charge on any atom is -0.326 e. The molecular weight excluding hydrogens is 236 g/mol. The van der Waals surface area contributed by atoms with Gasteiger partial charge >= 0.3 is 0 Å². The van der Waals surface area contributed by atoms with Crippen molar-refractivity contribution in [3.05, 3.63) is 47.6 Å². The number of hydrazine groups is 1. The largest absolute Gasteiger partial charge is 0.326 e. The predicted octanol–water partition coefficient (Wildman–Crippen LogP) is 3.20. The first-order valence-corrected chi connectivity index (χ1v) is 6.27. The molecule has 1 rings (SSSR count). The molecule has 0 saturated carbocycles. The Morgan fingerprint density at radius 2 is 1.68 bits per heavy atom. The summed E-state index contributed by atoms with van der Waals surface area (Å²) in [6.45, 7) is 16.0. The summed E-state index contributed by atoms with van der Waals surface area (Å²) >= 11 is 0. The first-order valence-electron chi connectivity index (χ1n) is 6.27. The Balaban J connectivity index is 2.88. The van der Waals surface area contributed by atoms with Gasteiger partial charge in [0.2, 0.25) is 0 Å². The standard InChI is InChI=1S/C15H24N4/c1-10(2)18(7)19(8)14(6)17-15-12(4)9-11(3)13(5)16-15/h9H,1,6H2,2-5,7-8H3,(H,16,17). The Morgan fingerprint density at radius 1 is 1.11 bits per heavy atom. The first-order chi connectivity index (χ1) is 8.73. The number of pyridine rings is 1. The van der Waals surface area contributed by atoms with Crippen LogP contribution in [0, 0.1) is 20.8 Å². The molecule has 0 fully saturated rings. The van der Waals surface area contributed by atoms with Crippen LogP contribution in [0.15, 0.2) is 30.7 Å². The molecule has 0 aliphatic heterocycles. The van der Waals surface area contributed by atoms with Crippen LogP contribution >= 0.6 is 0 Å². The fourth-order valence-electron chi connectivity index (χ4n) is 1.62. The number of nitrogens with one attached hydrogen (secondary N) is 1. The van der Waals surface area contributed by atoms with Crippen LogP contribution < -0.4 is 5.32 Å². The fraction of sp³-hybridized carbons (Fsp3) is 0.400. The van der Waals surface area contributed by atoms with Crippen LogP contribution in [-0.2, 0) is 0 Å². The third-order valence-corrected chi connectivity index (χ3v) is 3.31. The van der Waals surface area contributed by atoms with E-state index in [0.29, 0.717) is 0 Å². The van der Waals surface area contributed by atoms with Crippen molar-refractivity contribution in [2.75, 3.05) is 19.4 Å². The Labute approximate surface area is 116 Å². The summed E-state index contributed by atoms with van der Waals surface area (Å²) < 4.78 is 0. The monoisotopic (exact) mass is 260 g/mol. The number of aryl methyl sites for hydroxylation is 3. The van der Waals surface area contributed by atoms with Crippen molar-refractivity contribution < 1.29 is 0 Å². The topological polar surface area (TPSA) is 31.4 Å². The Hall–Kier alpha value is -1.97. The Morgan fingerprint density at radius 3 is 2.21 bits per heavy atom. The third-order valence-electron chi connectivity index (χ3n) is 3.31. The zero-order valence-electron chi connectivity index (χ0n) is 12.8. The van der Waals surface area contributed by atoms with Crippen molar-refractivity contribution >= 4 is 5.82 Å². The van der Waals surface area contributed by atoms with Crippen molar-refractivity contribution in [3.63, 3.8) is 0 Å². The number of hydrogen-bond acceptors (Lipinski definition) is 4. The summed E-state index contributed by atoms with van der Waals surface area (Å²) in [7, 11) is 3.87. The molecule has 0 aliphatic carbocycles. The molecule has 0 spiro atoms. The van der Waals surface area contributed by atoms with Gasteiger partial charge in [-0.3, -0.25) is 10.0 Å². The number of hydrogen-bond donors (Lipinski definition) is 1. The molecule has 4 nitrogen and oxygen atoms in total. The van der Waals surface area contributed by atoms with Crippen LogP contribution in [0.25, 0.3) is 0 Å². The fourth-order valence-corrected chi connectivity index (χ4v) is 1.62. The normalized spacial score (nSPS) is 10.0. The number of anilines is 1. The van der Waals surface area contributed by atoms with E-state index in [1.807, 2.05) is 44.9 Å². The highest BCUT2D eigenvalue weighted by atomic mass is 15.6. The van der Waals surface area contributed by atoms with Crippen LogP contribution in [0.1, 0.15) is 23.7 Å². The van der Waals surface area contributed by atoms with Gasteiger partial charge in [-0.25, -0.2) is 4.98 Å². The number of rotatable bonds is 5. The van der Waals surface area contributed by atoms with Crippen LogP contribution in [-0.4, -0.2) is 29.1 Å². The Kier molecular flexibility index (Phi) is 4.59. The lowest BCUT2D eigenvalue weighted by atomic mass is 10.1. The molecule has 0 aliphatic rings. The van der Waals surface area contributed by atoms with E-state index in [4.69, 9.17) is 0 Å². The first kappa shape index (κ1) is 15.1. The average Bonchev–Trinajstić information content (AvgIpc) is 2.33. The molecule has 1 aromatic rings. The Bertz CT molecular complexity index is 505. The number of nitrogens with zero attached hydrogens (tertiary/aromatic N) is 3. The molecule has 0 atom stereocenters. The molecule has 1 aromatic heterocycles. The number of allylic oxidation sites excluding steroid dienone is 1. The van der Waals surface area contributed by atoms with Crippen molar-refractivity contribution in [3.8, 4) is 0 Å². The van der Waals surface area contributed by atoms with Gasteiger partial charge in [-0.05, 0) is 38.8 Å². The molecule has 0 aromatic carbocycles. The molecule has 0 radical (unpaired) electrons. The molecule has 0 unspecified atom stereocenters. The van der Waals surface area contributed by atoms with Gasteiger partial charge in [-0.1, -0.05) is 19.2 Å². The van der Waals surface area contributed by atoms with Crippen LogP contribution in [0.2, 0.25) is 0 Å². The quantitative estimate of drug-likeness (QED) is 0.824. The summed E-state index contributed by atoms with van der Waals surface area (Å²) in [6.07, 6.45) is 0. The van der Waals surface area contributed by atoms with E-state index in [1.165, 1.54) is 5.56 Å². The summed E-state index contributed by atoms with van der Waals surface area (Å²) in [6, 6.07) is 2.13. The van der Waals surface area contributed by atoms with Crippen molar-refractivity contribution in [1.82, 2.24) is 15.0 Å². The molecular formula is C15H24N4. The van der Waals surface area contributed by atoms with Crippen molar-refractivity contribution in [2.45, 2.75) is 27.7 Å². The second kappa shape index (κ2) is 5.78. The summed E-state index contributed by atoms with van der Waals surface area (Å²) in [5.74, 6) is 1.60. The highest BCUT2D eigenvalue weighted by Gasteiger charge is 2.10. The van der Waals surface area contributed by atoms with Gasteiger partial charge in [0, 0.05) is 25.5 Å². The summed E-state index contributed by atoms with van der Waals surface area (Å²) in [4.78, 5) is 4.56.